The van der Waals surface area contributed by atoms with Crippen molar-refractivity contribution in [1.82, 2.24) is 10.2 Å². The number of hydrogen-bond acceptors (Lipinski definition) is 3. The van der Waals surface area contributed by atoms with Crippen molar-refractivity contribution >= 4 is 35.0 Å². The van der Waals surface area contributed by atoms with Gasteiger partial charge in [0, 0.05) is 25.0 Å². The lowest BCUT2D eigenvalue weighted by Crippen LogP contribution is -2.41. The first-order valence-corrected chi connectivity index (χ1v) is 12.2. The highest BCUT2D eigenvalue weighted by atomic mass is 35.5. The molecule has 0 unspecified atom stereocenters. The number of rotatable bonds is 5. The molecule has 7 heteroatoms. The van der Waals surface area contributed by atoms with Crippen molar-refractivity contribution in [2.24, 2.45) is 5.92 Å². The molecule has 33 heavy (non-hydrogen) atoms. The molecule has 3 amide bonds. The van der Waals surface area contributed by atoms with E-state index in [0.29, 0.717) is 47.8 Å². The van der Waals surface area contributed by atoms with Crippen molar-refractivity contribution in [3.05, 3.63) is 64.7 Å². The van der Waals surface area contributed by atoms with E-state index in [4.69, 9.17) is 11.6 Å². The normalized spacial score (nSPS) is 17.4. The fraction of sp³-hybridized carbons (Fsp3) is 0.423. The molecule has 2 N–H and O–H groups in total. The Morgan fingerprint density at radius 1 is 0.818 bits per heavy atom. The van der Waals surface area contributed by atoms with Crippen LogP contribution in [0.2, 0.25) is 5.02 Å². The van der Waals surface area contributed by atoms with E-state index in [1.165, 1.54) is 6.42 Å². The number of carbonyl (C=O) groups is 3. The second-order valence-corrected chi connectivity index (χ2v) is 9.30. The number of likely N-dealkylation sites (tertiary alicyclic amines) is 1. The minimum Gasteiger partial charge on any atom is -0.349 e. The van der Waals surface area contributed by atoms with E-state index in [-0.39, 0.29) is 29.7 Å². The molecule has 0 atom stereocenters. The lowest BCUT2D eigenvalue weighted by Gasteiger charge is -2.31. The summed E-state index contributed by atoms with van der Waals surface area (Å²) in [7, 11) is 0. The van der Waals surface area contributed by atoms with Gasteiger partial charge in [0.05, 0.1) is 21.8 Å². The van der Waals surface area contributed by atoms with Crippen LogP contribution < -0.4 is 10.6 Å². The number of amides is 3. The van der Waals surface area contributed by atoms with Gasteiger partial charge in [0.25, 0.3) is 11.8 Å². The Bertz CT molecular complexity index is 1010. The average molecular weight is 468 g/mol. The molecule has 6 nitrogen and oxygen atoms in total. The fourth-order valence-electron chi connectivity index (χ4n) is 4.68. The van der Waals surface area contributed by atoms with Crippen LogP contribution in [0.15, 0.2) is 48.5 Å². The third kappa shape index (κ3) is 5.74. The lowest BCUT2D eigenvalue weighted by molar-refractivity contribution is -0.121. The van der Waals surface area contributed by atoms with Gasteiger partial charge in [0.1, 0.15) is 0 Å². The Kier molecular flexibility index (Phi) is 7.65. The summed E-state index contributed by atoms with van der Waals surface area (Å²) < 4.78 is 0. The first kappa shape index (κ1) is 23.3. The number of hydrogen-bond donors (Lipinski definition) is 2. The van der Waals surface area contributed by atoms with Crippen molar-refractivity contribution in [1.29, 1.82) is 0 Å². The van der Waals surface area contributed by atoms with Gasteiger partial charge in [-0.15, -0.1) is 0 Å². The number of piperidine rings is 1. The largest absolute Gasteiger partial charge is 0.349 e. The SMILES string of the molecule is O=C(NC1CCCCC1)c1ccccc1NC(=O)C1CCN(C(=O)c2ccccc2Cl)CC1. The maximum absolute atomic E-state index is 13.0. The van der Waals surface area contributed by atoms with Crippen LogP contribution >= 0.6 is 11.6 Å². The quantitative estimate of drug-likeness (QED) is 0.656. The highest BCUT2D eigenvalue weighted by Crippen LogP contribution is 2.25. The van der Waals surface area contributed by atoms with Gasteiger partial charge in [0.15, 0.2) is 0 Å². The molecule has 0 spiro atoms. The first-order valence-electron chi connectivity index (χ1n) is 11.8. The monoisotopic (exact) mass is 467 g/mol. The number of nitrogens with one attached hydrogen (secondary N) is 2. The third-order valence-corrected chi connectivity index (χ3v) is 6.96. The van der Waals surface area contributed by atoms with Gasteiger partial charge in [-0.25, -0.2) is 0 Å². The van der Waals surface area contributed by atoms with E-state index in [1.54, 1.807) is 41.3 Å². The van der Waals surface area contributed by atoms with Gasteiger partial charge < -0.3 is 15.5 Å². The molecule has 2 fully saturated rings. The predicted molar refractivity (Wildman–Crippen MR) is 129 cm³/mol. The molecule has 0 bridgehead atoms. The van der Waals surface area contributed by atoms with Crippen molar-refractivity contribution < 1.29 is 14.4 Å². The molecular weight excluding hydrogens is 438 g/mol. The molecule has 2 aliphatic rings. The van der Waals surface area contributed by atoms with Gasteiger partial charge in [-0.1, -0.05) is 55.1 Å². The molecule has 1 aliphatic heterocycles. The zero-order chi connectivity index (χ0) is 23.2. The van der Waals surface area contributed by atoms with Gasteiger partial charge in [0.2, 0.25) is 5.91 Å². The zero-order valence-electron chi connectivity index (χ0n) is 18.7. The topological polar surface area (TPSA) is 78.5 Å². The summed E-state index contributed by atoms with van der Waals surface area (Å²) in [4.78, 5) is 40.3. The van der Waals surface area contributed by atoms with Crippen LogP contribution in [0, 0.1) is 5.92 Å². The van der Waals surface area contributed by atoms with Crippen molar-refractivity contribution in [3.8, 4) is 0 Å². The first-order chi connectivity index (χ1) is 16.0. The van der Waals surface area contributed by atoms with E-state index >= 15 is 0 Å². The van der Waals surface area contributed by atoms with Crippen LogP contribution in [0.1, 0.15) is 65.7 Å². The maximum atomic E-state index is 13.0. The van der Waals surface area contributed by atoms with Crippen molar-refractivity contribution in [2.75, 3.05) is 18.4 Å². The van der Waals surface area contributed by atoms with Crippen LogP contribution in [0.3, 0.4) is 0 Å². The van der Waals surface area contributed by atoms with E-state index in [9.17, 15) is 14.4 Å². The number of nitrogens with zero attached hydrogens (tertiary/aromatic N) is 1. The Morgan fingerprint density at radius 2 is 1.45 bits per heavy atom. The Hall–Kier alpha value is -2.86. The Labute approximate surface area is 199 Å². The molecule has 0 radical (unpaired) electrons. The Morgan fingerprint density at radius 3 is 2.15 bits per heavy atom. The van der Waals surface area contributed by atoms with E-state index < -0.39 is 0 Å². The van der Waals surface area contributed by atoms with Crippen LogP contribution in [0.5, 0.6) is 0 Å². The minimum atomic E-state index is -0.213. The second kappa shape index (κ2) is 10.8. The number of anilines is 1. The van der Waals surface area contributed by atoms with Crippen molar-refractivity contribution in [2.45, 2.75) is 51.0 Å². The highest BCUT2D eigenvalue weighted by molar-refractivity contribution is 6.33. The average Bonchev–Trinajstić information content (AvgIpc) is 2.85. The third-order valence-electron chi connectivity index (χ3n) is 6.63. The molecule has 1 aliphatic carbocycles. The molecule has 1 saturated carbocycles. The number of carbonyl (C=O) groups excluding carboxylic acids is 3. The standard InChI is InChI=1S/C26H30ClN3O3/c27-22-12-6-4-10-20(22)26(33)30-16-14-18(15-17-30)24(31)29-23-13-7-5-11-21(23)25(32)28-19-8-2-1-3-9-19/h4-7,10-13,18-19H,1-3,8-9,14-17H2,(H,28,32)(H,29,31). The Balaban J connectivity index is 1.34. The summed E-state index contributed by atoms with van der Waals surface area (Å²) in [6.07, 6.45) is 6.65. The van der Waals surface area contributed by atoms with Crippen LogP contribution in [-0.2, 0) is 4.79 Å². The molecule has 174 valence electrons. The summed E-state index contributed by atoms with van der Waals surface area (Å²) in [5, 5.41) is 6.52. The van der Waals surface area contributed by atoms with Crippen molar-refractivity contribution in [3.63, 3.8) is 0 Å². The van der Waals surface area contributed by atoms with E-state index in [1.807, 2.05) is 12.1 Å². The van der Waals surface area contributed by atoms with Gasteiger partial charge in [-0.05, 0) is 49.9 Å². The van der Waals surface area contributed by atoms with Gasteiger partial charge >= 0.3 is 0 Å². The molecule has 0 aromatic heterocycles. The molecule has 1 saturated heterocycles. The molecule has 1 heterocycles. The number of para-hydroxylation sites is 1. The predicted octanol–water partition coefficient (Wildman–Crippen LogP) is 4.89. The summed E-state index contributed by atoms with van der Waals surface area (Å²) >= 11 is 6.17. The fourth-order valence-corrected chi connectivity index (χ4v) is 4.90. The molecule has 2 aromatic rings. The van der Waals surface area contributed by atoms with Crippen LogP contribution in [0.25, 0.3) is 0 Å². The van der Waals surface area contributed by atoms with E-state index in [2.05, 4.69) is 10.6 Å². The smallest absolute Gasteiger partial charge is 0.255 e. The van der Waals surface area contributed by atoms with Gasteiger partial charge in [-0.2, -0.15) is 0 Å². The number of halogens is 1. The summed E-state index contributed by atoms with van der Waals surface area (Å²) in [6, 6.07) is 14.4. The van der Waals surface area contributed by atoms with Crippen LogP contribution in [-0.4, -0.2) is 41.8 Å². The minimum absolute atomic E-state index is 0.107. The maximum Gasteiger partial charge on any atom is 0.255 e. The summed E-state index contributed by atoms with van der Waals surface area (Å²) in [5.74, 6) is -0.574. The lowest BCUT2D eigenvalue weighted by atomic mass is 9.94. The highest BCUT2D eigenvalue weighted by Gasteiger charge is 2.29. The molecule has 2 aromatic carbocycles. The molecular formula is C26H30ClN3O3. The zero-order valence-corrected chi connectivity index (χ0v) is 19.4. The summed E-state index contributed by atoms with van der Waals surface area (Å²) in [6.45, 7) is 0.984. The van der Waals surface area contributed by atoms with Crippen LogP contribution in [0.4, 0.5) is 5.69 Å². The second-order valence-electron chi connectivity index (χ2n) is 8.89. The molecule has 4 rings (SSSR count). The van der Waals surface area contributed by atoms with Gasteiger partial charge in [-0.3, -0.25) is 14.4 Å². The van der Waals surface area contributed by atoms with E-state index in [0.717, 1.165) is 25.7 Å². The number of benzene rings is 2. The summed E-state index contributed by atoms with van der Waals surface area (Å²) in [5.41, 5.74) is 1.51.